The quantitative estimate of drug-likeness (QED) is 0.617. The van der Waals surface area contributed by atoms with Crippen LogP contribution in [0.5, 0.6) is 11.5 Å². The molecular weight excluding hydrogens is 304 g/mol. The fourth-order valence-electron chi connectivity index (χ4n) is 2.83. The summed E-state index contributed by atoms with van der Waals surface area (Å²) in [6.07, 6.45) is 4.20. The van der Waals surface area contributed by atoms with Crippen molar-refractivity contribution in [1.29, 1.82) is 0 Å². The molecule has 0 radical (unpaired) electrons. The summed E-state index contributed by atoms with van der Waals surface area (Å²) in [6, 6.07) is 3.38. The summed E-state index contributed by atoms with van der Waals surface area (Å²) in [5, 5.41) is 0. The molecule has 1 aromatic rings. The highest BCUT2D eigenvalue weighted by Crippen LogP contribution is 2.38. The number of fused-ring (bicyclic) bond motifs is 2. The van der Waals surface area contributed by atoms with E-state index in [9.17, 15) is 4.79 Å². The highest BCUT2D eigenvalue weighted by Gasteiger charge is 2.34. The summed E-state index contributed by atoms with van der Waals surface area (Å²) < 4.78 is 11.1. The number of carbonyl (C=O) groups excluding carboxylic acids is 1. The first-order valence-corrected chi connectivity index (χ1v) is 7.70. The molecule has 0 aliphatic carbocycles. The van der Waals surface area contributed by atoms with Gasteiger partial charge in [-0.1, -0.05) is 31.4 Å². The maximum atomic E-state index is 12.8. The first-order valence-electron chi connectivity index (χ1n) is 7.70. The Hall–Kier alpha value is -2.82. The maximum Gasteiger partial charge on any atom is 0.257 e. The second-order valence-corrected chi connectivity index (χ2v) is 5.90. The highest BCUT2D eigenvalue weighted by molar-refractivity contribution is 6.03. The fourth-order valence-corrected chi connectivity index (χ4v) is 2.83. The van der Waals surface area contributed by atoms with Crippen molar-refractivity contribution in [1.82, 2.24) is 4.90 Å². The van der Waals surface area contributed by atoms with Crippen molar-refractivity contribution >= 4 is 17.8 Å². The Bertz CT molecular complexity index is 764. The van der Waals surface area contributed by atoms with Crippen LogP contribution < -0.4 is 9.47 Å². The van der Waals surface area contributed by atoms with E-state index in [1.807, 2.05) is 0 Å². The van der Waals surface area contributed by atoms with Crippen molar-refractivity contribution in [2.24, 2.45) is 4.99 Å². The zero-order chi connectivity index (χ0) is 17.3. The summed E-state index contributed by atoms with van der Waals surface area (Å²) in [7, 11) is 1.54. The number of benzene rings is 1. The third-order valence-corrected chi connectivity index (χ3v) is 4.15. The molecule has 0 spiro atoms. The van der Waals surface area contributed by atoms with Gasteiger partial charge >= 0.3 is 0 Å². The summed E-state index contributed by atoms with van der Waals surface area (Å²) in [5.41, 5.74) is 2.89. The Morgan fingerprint density at radius 2 is 2.25 bits per heavy atom. The van der Waals surface area contributed by atoms with Crippen molar-refractivity contribution in [3.05, 3.63) is 54.7 Å². The monoisotopic (exact) mass is 324 g/mol. The topological polar surface area (TPSA) is 51.1 Å². The lowest BCUT2D eigenvalue weighted by molar-refractivity contribution is 0.0777. The van der Waals surface area contributed by atoms with Crippen LogP contribution in [0.25, 0.3) is 0 Å². The minimum Gasteiger partial charge on any atom is -0.493 e. The Balaban J connectivity index is 1.97. The molecule has 3 rings (SSSR count). The molecule has 0 aromatic heterocycles. The number of carbonyl (C=O) groups is 1. The predicted octanol–water partition coefficient (Wildman–Crippen LogP) is 3.30. The number of aliphatic imine (C=N–C) groups is 1. The predicted molar refractivity (Wildman–Crippen MR) is 94.6 cm³/mol. The number of rotatable bonds is 5. The Labute approximate surface area is 141 Å². The second kappa shape index (κ2) is 6.35. The number of nitrogens with zero attached hydrogens (tertiary/aromatic N) is 2. The van der Waals surface area contributed by atoms with E-state index in [1.54, 1.807) is 36.4 Å². The van der Waals surface area contributed by atoms with Crippen molar-refractivity contribution in [2.75, 3.05) is 20.3 Å². The normalized spacial score (nSPS) is 18.7. The third kappa shape index (κ3) is 2.85. The van der Waals surface area contributed by atoms with Crippen LogP contribution >= 0.6 is 0 Å². The molecule has 2 aliphatic rings. The van der Waals surface area contributed by atoms with Gasteiger partial charge in [0.25, 0.3) is 5.91 Å². The third-order valence-electron chi connectivity index (χ3n) is 4.15. The van der Waals surface area contributed by atoms with Crippen LogP contribution in [0.15, 0.2) is 54.1 Å². The lowest BCUT2D eigenvalue weighted by Crippen LogP contribution is -2.35. The van der Waals surface area contributed by atoms with Gasteiger partial charge < -0.3 is 14.4 Å². The summed E-state index contributed by atoms with van der Waals surface area (Å²) >= 11 is 0. The zero-order valence-electron chi connectivity index (χ0n) is 13.7. The van der Waals surface area contributed by atoms with Crippen LogP contribution in [0.2, 0.25) is 0 Å². The molecule has 0 saturated carbocycles. The van der Waals surface area contributed by atoms with Crippen molar-refractivity contribution in [3.8, 4) is 11.5 Å². The van der Waals surface area contributed by atoms with Crippen molar-refractivity contribution < 1.29 is 14.3 Å². The largest absolute Gasteiger partial charge is 0.493 e. The molecular formula is C19H20N2O3. The highest BCUT2D eigenvalue weighted by atomic mass is 16.5. The molecule has 1 saturated heterocycles. The SMILES string of the molecule is C=CC(=C)COc1cc2c(cc1OC)C(=O)N1CC(=C)CC1C=N2. The first kappa shape index (κ1) is 16.1. The van der Waals surface area contributed by atoms with Gasteiger partial charge in [-0.3, -0.25) is 9.79 Å². The molecule has 1 atom stereocenters. The van der Waals surface area contributed by atoms with E-state index in [-0.39, 0.29) is 11.9 Å². The molecule has 1 amide bonds. The maximum absolute atomic E-state index is 12.8. The van der Waals surface area contributed by atoms with E-state index in [0.717, 1.165) is 17.6 Å². The molecule has 2 aliphatic heterocycles. The molecule has 1 unspecified atom stereocenters. The van der Waals surface area contributed by atoms with Gasteiger partial charge in [0.05, 0.1) is 24.4 Å². The van der Waals surface area contributed by atoms with E-state index in [1.165, 1.54) is 0 Å². The minimum absolute atomic E-state index is 0.0340. The average molecular weight is 324 g/mol. The standard InChI is InChI=1S/C19H20N2O3/c1-5-12(2)11-24-18-8-16-15(7-17(18)23-4)19(22)21-10-13(3)6-14(21)9-20-16/h5,7-9,14H,1-3,6,10-11H2,4H3. The molecule has 5 heteroatoms. The molecule has 1 aromatic carbocycles. The summed E-state index contributed by atoms with van der Waals surface area (Å²) in [4.78, 5) is 19.1. The Morgan fingerprint density at radius 3 is 2.96 bits per heavy atom. The van der Waals surface area contributed by atoms with Crippen molar-refractivity contribution in [2.45, 2.75) is 12.5 Å². The minimum atomic E-state index is -0.0634. The van der Waals surface area contributed by atoms with Crippen LogP contribution in [-0.4, -0.2) is 43.3 Å². The van der Waals surface area contributed by atoms with E-state index >= 15 is 0 Å². The second-order valence-electron chi connectivity index (χ2n) is 5.90. The number of methoxy groups -OCH3 is 1. The van der Waals surface area contributed by atoms with Gasteiger partial charge in [0.2, 0.25) is 0 Å². The molecule has 124 valence electrons. The molecule has 1 fully saturated rings. The molecule has 0 N–H and O–H groups in total. The summed E-state index contributed by atoms with van der Waals surface area (Å²) in [6.45, 7) is 12.3. The van der Waals surface area contributed by atoms with Crippen LogP contribution in [0.3, 0.4) is 0 Å². The zero-order valence-corrected chi connectivity index (χ0v) is 13.7. The number of hydrogen-bond donors (Lipinski definition) is 0. The van der Waals surface area contributed by atoms with Crippen LogP contribution in [0.4, 0.5) is 5.69 Å². The van der Waals surface area contributed by atoms with Crippen LogP contribution in [0.1, 0.15) is 16.8 Å². The smallest absolute Gasteiger partial charge is 0.257 e. The van der Waals surface area contributed by atoms with Gasteiger partial charge in [-0.15, -0.1) is 0 Å². The van der Waals surface area contributed by atoms with E-state index in [4.69, 9.17) is 9.47 Å². The Morgan fingerprint density at radius 1 is 1.46 bits per heavy atom. The Kier molecular flexibility index (Phi) is 4.25. The van der Waals surface area contributed by atoms with Gasteiger partial charge in [0, 0.05) is 18.8 Å². The van der Waals surface area contributed by atoms with Gasteiger partial charge in [0.15, 0.2) is 11.5 Å². The lowest BCUT2D eigenvalue weighted by Gasteiger charge is -2.20. The number of amides is 1. The number of ether oxygens (including phenoxy) is 2. The van der Waals surface area contributed by atoms with E-state index in [2.05, 4.69) is 24.7 Å². The van der Waals surface area contributed by atoms with E-state index in [0.29, 0.717) is 35.9 Å². The average Bonchev–Trinajstić information content (AvgIpc) is 2.92. The van der Waals surface area contributed by atoms with Gasteiger partial charge in [-0.05, 0) is 18.1 Å². The van der Waals surface area contributed by atoms with Crippen molar-refractivity contribution in [3.63, 3.8) is 0 Å². The first-order chi connectivity index (χ1) is 11.5. The fraction of sp³-hybridized carbons (Fsp3) is 0.263. The van der Waals surface area contributed by atoms with Gasteiger partial charge in [-0.25, -0.2) is 0 Å². The molecule has 5 nitrogen and oxygen atoms in total. The molecule has 2 heterocycles. The molecule has 0 bridgehead atoms. The van der Waals surface area contributed by atoms with E-state index < -0.39 is 0 Å². The number of hydrogen-bond acceptors (Lipinski definition) is 4. The van der Waals surface area contributed by atoms with Gasteiger partial charge in [-0.2, -0.15) is 0 Å². The molecule has 24 heavy (non-hydrogen) atoms. The van der Waals surface area contributed by atoms with Crippen LogP contribution in [-0.2, 0) is 0 Å². The van der Waals surface area contributed by atoms with Crippen LogP contribution in [0, 0.1) is 0 Å². The van der Waals surface area contributed by atoms with Gasteiger partial charge in [0.1, 0.15) is 6.61 Å². The lowest BCUT2D eigenvalue weighted by atomic mass is 10.1. The summed E-state index contributed by atoms with van der Waals surface area (Å²) in [5.74, 6) is 0.952.